The van der Waals surface area contributed by atoms with Crippen molar-refractivity contribution in [2.45, 2.75) is 37.5 Å². The fourth-order valence-electron chi connectivity index (χ4n) is 3.81. The quantitative estimate of drug-likeness (QED) is 0.717. The number of hydrogen-bond acceptors (Lipinski definition) is 4. The van der Waals surface area contributed by atoms with Gasteiger partial charge in [-0.25, -0.2) is 4.39 Å². The van der Waals surface area contributed by atoms with Crippen LogP contribution in [0, 0.1) is 5.82 Å². The molecule has 0 saturated heterocycles. The molecule has 0 aliphatic carbocycles. The van der Waals surface area contributed by atoms with Crippen LogP contribution in [-0.2, 0) is 5.41 Å². The van der Waals surface area contributed by atoms with Crippen molar-refractivity contribution in [1.29, 1.82) is 0 Å². The van der Waals surface area contributed by atoms with Crippen molar-refractivity contribution >= 4 is 11.8 Å². The number of pyridine rings is 1. The zero-order valence-electron chi connectivity index (χ0n) is 16.0. The van der Waals surface area contributed by atoms with Crippen LogP contribution in [-0.4, -0.2) is 40.1 Å². The van der Waals surface area contributed by atoms with Crippen LogP contribution in [0.4, 0.5) is 23.2 Å². The van der Waals surface area contributed by atoms with E-state index in [1.165, 1.54) is 24.9 Å². The molecule has 2 N–H and O–H groups in total. The fourth-order valence-corrected chi connectivity index (χ4v) is 3.81. The Bertz CT molecular complexity index is 927. The van der Waals surface area contributed by atoms with Crippen molar-refractivity contribution in [2.75, 3.05) is 18.0 Å². The second-order valence-electron chi connectivity index (χ2n) is 7.97. The minimum absolute atomic E-state index is 0.00307. The van der Waals surface area contributed by atoms with Gasteiger partial charge in [0.05, 0.1) is 6.54 Å². The highest BCUT2D eigenvalue weighted by Gasteiger charge is 2.57. The molecule has 0 spiro atoms. The number of halogens is 4. The second-order valence-corrected chi connectivity index (χ2v) is 7.97. The number of benzene rings is 1. The molecule has 1 aromatic heterocycles. The summed E-state index contributed by atoms with van der Waals surface area (Å²) in [6, 6.07) is 4.71. The zero-order chi connectivity index (χ0) is 21.4. The average molecular weight is 410 g/mol. The number of phenols is 1. The number of β-amino-alcohol motifs (C(OH)–C–C–N with tert-alkyl or cyclic N) is 1. The Hall–Kier alpha value is -2.61. The van der Waals surface area contributed by atoms with Crippen molar-refractivity contribution in [2.24, 2.45) is 0 Å². The molecule has 0 amide bonds. The molecule has 2 aromatic rings. The van der Waals surface area contributed by atoms with Crippen molar-refractivity contribution < 1.29 is 27.8 Å². The second kappa shape index (κ2) is 7.33. The van der Waals surface area contributed by atoms with Crippen molar-refractivity contribution in [3.63, 3.8) is 0 Å². The van der Waals surface area contributed by atoms with E-state index in [9.17, 15) is 27.8 Å². The molecule has 3 rings (SSSR count). The first-order valence-electron chi connectivity index (χ1n) is 9.07. The van der Waals surface area contributed by atoms with Gasteiger partial charge < -0.3 is 15.1 Å². The standard InChI is InChI=1S/C21H22F4N2O2/c1-19(2,16-10-15(22)5-6-18(16)28)12-20(29,21(23,24)25)13-27-9-3-4-14-11-26-8-7-17(14)27/h3-8,10-11,28-29H,9,12-13H2,1-2H3. The summed E-state index contributed by atoms with van der Waals surface area (Å²) in [5.41, 5.74) is -3.25. The molecule has 8 heteroatoms. The molecular weight excluding hydrogens is 388 g/mol. The first-order chi connectivity index (χ1) is 13.4. The molecule has 1 unspecified atom stereocenters. The topological polar surface area (TPSA) is 56.6 Å². The van der Waals surface area contributed by atoms with Gasteiger partial charge in [-0.15, -0.1) is 0 Å². The number of nitrogens with zero attached hydrogens (tertiary/aromatic N) is 2. The maximum atomic E-state index is 14.0. The minimum atomic E-state index is -4.94. The van der Waals surface area contributed by atoms with Crippen LogP contribution in [0.3, 0.4) is 0 Å². The number of phenolic OH excluding ortho intramolecular Hbond substituents is 1. The van der Waals surface area contributed by atoms with Gasteiger partial charge in [0.15, 0.2) is 5.60 Å². The summed E-state index contributed by atoms with van der Waals surface area (Å²) in [6.07, 6.45) is 0.777. The average Bonchev–Trinajstić information content (AvgIpc) is 2.62. The van der Waals surface area contributed by atoms with Gasteiger partial charge in [-0.3, -0.25) is 4.98 Å². The summed E-state index contributed by atoms with van der Waals surface area (Å²) in [7, 11) is 0. The lowest BCUT2D eigenvalue weighted by Crippen LogP contribution is -2.56. The van der Waals surface area contributed by atoms with Crippen LogP contribution in [0.1, 0.15) is 31.4 Å². The lowest BCUT2D eigenvalue weighted by molar-refractivity contribution is -0.262. The van der Waals surface area contributed by atoms with Gasteiger partial charge in [0.25, 0.3) is 0 Å². The Labute approximate surface area is 166 Å². The Kier molecular flexibility index (Phi) is 5.34. The number of hydrogen-bond donors (Lipinski definition) is 2. The SMILES string of the molecule is CC(C)(CC(O)(CN1CC=Cc2cnccc21)C(F)(F)F)c1cc(F)ccc1O. The van der Waals surface area contributed by atoms with E-state index in [-0.39, 0.29) is 17.9 Å². The predicted octanol–water partition coefficient (Wildman–Crippen LogP) is 4.42. The Balaban J connectivity index is 1.96. The van der Waals surface area contributed by atoms with Crippen LogP contribution < -0.4 is 4.90 Å². The molecule has 1 atom stereocenters. The molecule has 0 fully saturated rings. The summed E-state index contributed by atoms with van der Waals surface area (Å²) in [5.74, 6) is -0.998. The van der Waals surface area contributed by atoms with E-state index >= 15 is 0 Å². The third kappa shape index (κ3) is 4.22. The van der Waals surface area contributed by atoms with Crippen LogP contribution in [0.5, 0.6) is 5.75 Å². The monoisotopic (exact) mass is 410 g/mol. The summed E-state index contributed by atoms with van der Waals surface area (Å²) >= 11 is 0. The van der Waals surface area contributed by atoms with Crippen molar-refractivity contribution in [1.82, 2.24) is 4.98 Å². The number of fused-ring (bicyclic) bond motifs is 1. The number of aliphatic hydroxyl groups is 1. The van der Waals surface area contributed by atoms with Gasteiger partial charge in [0.2, 0.25) is 0 Å². The highest BCUT2D eigenvalue weighted by atomic mass is 19.4. The number of alkyl halides is 3. The minimum Gasteiger partial charge on any atom is -0.508 e. The van der Waals surface area contributed by atoms with E-state index in [2.05, 4.69) is 4.98 Å². The lowest BCUT2D eigenvalue weighted by Gasteiger charge is -2.42. The molecule has 0 radical (unpaired) electrons. The van der Waals surface area contributed by atoms with E-state index in [0.29, 0.717) is 11.3 Å². The van der Waals surface area contributed by atoms with E-state index in [4.69, 9.17) is 0 Å². The third-order valence-electron chi connectivity index (χ3n) is 5.19. The third-order valence-corrected chi connectivity index (χ3v) is 5.19. The highest BCUT2D eigenvalue weighted by Crippen LogP contribution is 2.44. The first kappa shape index (κ1) is 21.1. The summed E-state index contributed by atoms with van der Waals surface area (Å²) in [5, 5.41) is 20.9. The molecule has 156 valence electrons. The van der Waals surface area contributed by atoms with E-state index in [1.54, 1.807) is 24.4 Å². The maximum absolute atomic E-state index is 14.0. The molecule has 2 heterocycles. The predicted molar refractivity (Wildman–Crippen MR) is 102 cm³/mol. The number of anilines is 1. The number of aromatic nitrogens is 1. The van der Waals surface area contributed by atoms with Crippen molar-refractivity contribution in [3.8, 4) is 5.75 Å². The molecule has 29 heavy (non-hydrogen) atoms. The Morgan fingerprint density at radius 2 is 1.90 bits per heavy atom. The van der Waals surface area contributed by atoms with Gasteiger partial charge in [0.1, 0.15) is 11.6 Å². The molecule has 0 bridgehead atoms. The first-order valence-corrected chi connectivity index (χ1v) is 9.07. The largest absolute Gasteiger partial charge is 0.508 e. The van der Waals surface area contributed by atoms with Gasteiger partial charge in [0, 0.05) is 35.8 Å². The lowest BCUT2D eigenvalue weighted by atomic mass is 9.74. The van der Waals surface area contributed by atoms with Gasteiger partial charge >= 0.3 is 6.18 Å². The molecule has 1 aromatic carbocycles. The van der Waals surface area contributed by atoms with Gasteiger partial charge in [-0.2, -0.15) is 13.2 Å². The maximum Gasteiger partial charge on any atom is 0.418 e. The smallest absolute Gasteiger partial charge is 0.418 e. The molecule has 1 aliphatic heterocycles. The molecule has 0 saturated carbocycles. The van der Waals surface area contributed by atoms with E-state index in [0.717, 1.165) is 18.2 Å². The molecule has 4 nitrogen and oxygen atoms in total. The fraction of sp³-hybridized carbons (Fsp3) is 0.381. The molecule has 1 aliphatic rings. The van der Waals surface area contributed by atoms with E-state index in [1.807, 2.05) is 0 Å². The van der Waals surface area contributed by atoms with Gasteiger partial charge in [-0.05, 0) is 36.1 Å². The van der Waals surface area contributed by atoms with Crippen molar-refractivity contribution in [3.05, 3.63) is 59.7 Å². The number of rotatable bonds is 5. The normalized spacial score (nSPS) is 16.4. The van der Waals surface area contributed by atoms with Crippen LogP contribution in [0.25, 0.3) is 6.08 Å². The Morgan fingerprint density at radius 3 is 2.59 bits per heavy atom. The summed E-state index contributed by atoms with van der Waals surface area (Å²) in [4.78, 5) is 5.41. The van der Waals surface area contributed by atoms with Crippen LogP contribution in [0.15, 0.2) is 42.7 Å². The van der Waals surface area contributed by atoms with Gasteiger partial charge in [-0.1, -0.05) is 26.0 Å². The Morgan fingerprint density at radius 1 is 1.17 bits per heavy atom. The summed E-state index contributed by atoms with van der Waals surface area (Å²) in [6.45, 7) is 2.36. The summed E-state index contributed by atoms with van der Waals surface area (Å²) < 4.78 is 55.7. The van der Waals surface area contributed by atoms with E-state index < -0.39 is 36.0 Å². The van der Waals surface area contributed by atoms with Crippen LogP contribution in [0.2, 0.25) is 0 Å². The highest BCUT2D eigenvalue weighted by molar-refractivity contribution is 5.70. The number of aromatic hydroxyl groups is 1. The molecular formula is C21H22F4N2O2. The zero-order valence-corrected chi connectivity index (χ0v) is 16.0. The van der Waals surface area contributed by atoms with Crippen LogP contribution >= 0.6 is 0 Å².